The summed E-state index contributed by atoms with van der Waals surface area (Å²) in [5, 5.41) is 5.20. The highest BCUT2D eigenvalue weighted by Crippen LogP contribution is 2.19. The molecule has 0 aliphatic heterocycles. The number of ether oxygens (including phenoxy) is 2. The maximum Gasteiger partial charge on any atom is 0.339 e. The predicted molar refractivity (Wildman–Crippen MR) is 81.0 cm³/mol. The standard InChI is InChI=1S/C15H20N2O5/c1-9(2)8-16-15(20)17-12-7-10(13(18)21-3)5-6-11(12)14(19)22-4/h5-7,9H,8H2,1-4H3,(H2,16,17,20). The molecule has 0 fully saturated rings. The molecule has 0 saturated heterocycles. The third-order valence-corrected chi connectivity index (χ3v) is 2.77. The number of carbonyl (C=O) groups is 3. The Morgan fingerprint density at radius 2 is 1.73 bits per heavy atom. The summed E-state index contributed by atoms with van der Waals surface area (Å²) in [6.45, 7) is 4.39. The zero-order chi connectivity index (χ0) is 16.7. The molecule has 2 amide bonds. The summed E-state index contributed by atoms with van der Waals surface area (Å²) in [5.41, 5.74) is 0.542. The van der Waals surface area contributed by atoms with Gasteiger partial charge in [0.05, 0.1) is 31.0 Å². The maximum atomic E-state index is 11.8. The first-order valence-electron chi connectivity index (χ1n) is 6.74. The SMILES string of the molecule is COC(=O)c1ccc(C(=O)OC)c(NC(=O)NCC(C)C)c1. The van der Waals surface area contributed by atoms with Crippen LogP contribution in [0.25, 0.3) is 0 Å². The van der Waals surface area contributed by atoms with Gasteiger partial charge in [0.1, 0.15) is 0 Å². The summed E-state index contributed by atoms with van der Waals surface area (Å²) in [7, 11) is 2.48. The van der Waals surface area contributed by atoms with Crippen molar-refractivity contribution < 1.29 is 23.9 Å². The number of urea groups is 1. The van der Waals surface area contributed by atoms with Gasteiger partial charge in [-0.2, -0.15) is 0 Å². The molecule has 120 valence electrons. The van der Waals surface area contributed by atoms with Crippen LogP contribution in [0.2, 0.25) is 0 Å². The molecule has 0 unspecified atom stereocenters. The van der Waals surface area contributed by atoms with Gasteiger partial charge >= 0.3 is 18.0 Å². The lowest BCUT2D eigenvalue weighted by molar-refractivity contribution is 0.0587. The van der Waals surface area contributed by atoms with Gasteiger partial charge in [0.15, 0.2) is 0 Å². The van der Waals surface area contributed by atoms with Crippen LogP contribution in [0.4, 0.5) is 10.5 Å². The molecule has 0 aliphatic rings. The number of hydrogen-bond donors (Lipinski definition) is 2. The highest BCUT2D eigenvalue weighted by Gasteiger charge is 2.17. The van der Waals surface area contributed by atoms with E-state index in [-0.39, 0.29) is 22.7 Å². The molecule has 0 saturated carbocycles. The van der Waals surface area contributed by atoms with E-state index < -0.39 is 18.0 Å². The molecule has 0 spiro atoms. The number of rotatable bonds is 5. The Bertz CT molecular complexity index is 569. The number of methoxy groups -OCH3 is 2. The van der Waals surface area contributed by atoms with Crippen molar-refractivity contribution in [1.82, 2.24) is 5.32 Å². The lowest BCUT2D eigenvalue weighted by Gasteiger charge is -2.13. The summed E-state index contributed by atoms with van der Waals surface area (Å²) >= 11 is 0. The van der Waals surface area contributed by atoms with Crippen molar-refractivity contribution in [3.05, 3.63) is 29.3 Å². The first kappa shape index (κ1) is 17.5. The van der Waals surface area contributed by atoms with Crippen molar-refractivity contribution in [1.29, 1.82) is 0 Å². The normalized spacial score (nSPS) is 10.0. The highest BCUT2D eigenvalue weighted by molar-refractivity contribution is 6.03. The molecule has 0 radical (unpaired) electrons. The Morgan fingerprint density at radius 3 is 2.27 bits per heavy atom. The zero-order valence-corrected chi connectivity index (χ0v) is 13.1. The van der Waals surface area contributed by atoms with Crippen LogP contribution in [0, 0.1) is 5.92 Å². The summed E-state index contributed by atoms with van der Waals surface area (Å²) in [4.78, 5) is 35.1. The van der Waals surface area contributed by atoms with Crippen molar-refractivity contribution in [2.45, 2.75) is 13.8 Å². The quantitative estimate of drug-likeness (QED) is 0.812. The van der Waals surface area contributed by atoms with Crippen LogP contribution < -0.4 is 10.6 Å². The van der Waals surface area contributed by atoms with E-state index in [2.05, 4.69) is 20.1 Å². The molecule has 1 aromatic carbocycles. The number of carbonyl (C=O) groups excluding carboxylic acids is 3. The van der Waals surface area contributed by atoms with E-state index in [0.29, 0.717) is 6.54 Å². The second-order valence-electron chi connectivity index (χ2n) is 4.97. The fourth-order valence-corrected chi connectivity index (χ4v) is 1.64. The Labute approximate surface area is 129 Å². The van der Waals surface area contributed by atoms with E-state index in [1.54, 1.807) is 0 Å². The second-order valence-corrected chi connectivity index (χ2v) is 4.97. The minimum Gasteiger partial charge on any atom is -0.465 e. The third-order valence-electron chi connectivity index (χ3n) is 2.77. The van der Waals surface area contributed by atoms with Crippen LogP contribution in [0.5, 0.6) is 0 Å². The summed E-state index contributed by atoms with van der Waals surface area (Å²) in [6.07, 6.45) is 0. The van der Waals surface area contributed by atoms with Gasteiger partial charge in [-0.25, -0.2) is 14.4 Å². The Morgan fingerprint density at radius 1 is 1.09 bits per heavy atom. The lowest BCUT2D eigenvalue weighted by Crippen LogP contribution is -2.32. The van der Waals surface area contributed by atoms with Gasteiger partial charge in [0.25, 0.3) is 0 Å². The average molecular weight is 308 g/mol. The van der Waals surface area contributed by atoms with Crippen molar-refractivity contribution in [2.24, 2.45) is 5.92 Å². The predicted octanol–water partition coefficient (Wildman–Crippen LogP) is 2.04. The molecular formula is C15H20N2O5. The lowest BCUT2D eigenvalue weighted by atomic mass is 10.1. The van der Waals surface area contributed by atoms with Crippen LogP contribution in [-0.2, 0) is 9.47 Å². The van der Waals surface area contributed by atoms with Gasteiger partial charge in [0, 0.05) is 6.54 Å². The van der Waals surface area contributed by atoms with E-state index in [1.165, 1.54) is 32.4 Å². The molecule has 0 bridgehead atoms. The van der Waals surface area contributed by atoms with E-state index >= 15 is 0 Å². The molecule has 2 N–H and O–H groups in total. The van der Waals surface area contributed by atoms with Gasteiger partial charge < -0.3 is 20.1 Å². The van der Waals surface area contributed by atoms with E-state index in [4.69, 9.17) is 0 Å². The average Bonchev–Trinajstić information content (AvgIpc) is 2.51. The number of nitrogens with one attached hydrogen (secondary N) is 2. The minimum atomic E-state index is -0.615. The number of amides is 2. The van der Waals surface area contributed by atoms with Crippen LogP contribution in [-0.4, -0.2) is 38.7 Å². The number of esters is 2. The Kier molecular flexibility index (Phi) is 6.37. The molecule has 1 aromatic rings. The van der Waals surface area contributed by atoms with Gasteiger partial charge in [-0.05, 0) is 24.1 Å². The van der Waals surface area contributed by atoms with Crippen LogP contribution in [0.3, 0.4) is 0 Å². The van der Waals surface area contributed by atoms with E-state index in [1.807, 2.05) is 13.8 Å². The fourth-order valence-electron chi connectivity index (χ4n) is 1.64. The molecule has 0 aromatic heterocycles. The topological polar surface area (TPSA) is 93.7 Å². The number of benzene rings is 1. The first-order chi connectivity index (χ1) is 10.4. The first-order valence-corrected chi connectivity index (χ1v) is 6.74. The van der Waals surface area contributed by atoms with Gasteiger partial charge in [-0.15, -0.1) is 0 Å². The minimum absolute atomic E-state index is 0.148. The zero-order valence-electron chi connectivity index (χ0n) is 13.1. The van der Waals surface area contributed by atoms with Crippen LogP contribution in [0.15, 0.2) is 18.2 Å². The molecule has 22 heavy (non-hydrogen) atoms. The molecule has 0 atom stereocenters. The summed E-state index contributed by atoms with van der Waals surface area (Å²) in [5.74, 6) is -0.898. The van der Waals surface area contributed by atoms with Crippen LogP contribution in [0.1, 0.15) is 34.6 Å². The van der Waals surface area contributed by atoms with Crippen molar-refractivity contribution in [3.63, 3.8) is 0 Å². The number of hydrogen-bond acceptors (Lipinski definition) is 5. The number of anilines is 1. The van der Waals surface area contributed by atoms with Crippen molar-refractivity contribution in [2.75, 3.05) is 26.1 Å². The van der Waals surface area contributed by atoms with Gasteiger partial charge in [0.2, 0.25) is 0 Å². The second kappa shape index (κ2) is 8.02. The Hall–Kier alpha value is -2.57. The molecule has 1 rings (SSSR count). The highest BCUT2D eigenvalue weighted by atomic mass is 16.5. The summed E-state index contributed by atoms with van der Waals surface area (Å²) < 4.78 is 9.27. The van der Waals surface area contributed by atoms with E-state index in [9.17, 15) is 14.4 Å². The maximum absolute atomic E-state index is 11.8. The van der Waals surface area contributed by atoms with Crippen LogP contribution >= 0.6 is 0 Å². The molecule has 7 heteroatoms. The van der Waals surface area contributed by atoms with Gasteiger partial charge in [-0.3, -0.25) is 0 Å². The Balaban J connectivity index is 3.03. The van der Waals surface area contributed by atoms with Crippen molar-refractivity contribution in [3.8, 4) is 0 Å². The van der Waals surface area contributed by atoms with Gasteiger partial charge in [-0.1, -0.05) is 13.8 Å². The molecule has 0 heterocycles. The molecule has 7 nitrogen and oxygen atoms in total. The molecule has 0 aliphatic carbocycles. The summed E-state index contributed by atoms with van der Waals surface area (Å²) in [6, 6.07) is 3.72. The van der Waals surface area contributed by atoms with E-state index in [0.717, 1.165) is 0 Å². The fraction of sp³-hybridized carbons (Fsp3) is 0.400. The third kappa shape index (κ3) is 4.76. The smallest absolute Gasteiger partial charge is 0.339 e. The monoisotopic (exact) mass is 308 g/mol. The largest absolute Gasteiger partial charge is 0.465 e. The molecular weight excluding hydrogens is 288 g/mol. The van der Waals surface area contributed by atoms with Crippen molar-refractivity contribution >= 4 is 23.7 Å².